The number of hydrogen-bond donors (Lipinski definition) is 3. The summed E-state index contributed by atoms with van der Waals surface area (Å²) in [6.07, 6.45) is -1.61. The smallest absolute Gasteiger partial charge is 0.872 e. The molecule has 0 aromatic heterocycles. The van der Waals surface area contributed by atoms with Crippen molar-refractivity contribution < 1.29 is 167 Å². The molecule has 0 atom stereocenters. The van der Waals surface area contributed by atoms with Crippen molar-refractivity contribution >= 4 is 69.6 Å². The van der Waals surface area contributed by atoms with Gasteiger partial charge in [0.25, 0.3) is 0 Å². The van der Waals surface area contributed by atoms with Gasteiger partial charge in [0.1, 0.15) is 46.0 Å². The van der Waals surface area contributed by atoms with Crippen molar-refractivity contribution in [2.45, 2.75) is 125 Å². The van der Waals surface area contributed by atoms with Crippen molar-refractivity contribution in [1.82, 2.24) is 0 Å². The fourth-order valence-corrected chi connectivity index (χ4v) is 10.8. The van der Waals surface area contributed by atoms with Crippen molar-refractivity contribution in [3.05, 3.63) is 310 Å². The molecule has 0 amide bonds. The van der Waals surface area contributed by atoms with Crippen LogP contribution in [0.15, 0.2) is 255 Å². The molecule has 0 spiro atoms. The van der Waals surface area contributed by atoms with Crippen LogP contribution < -0.4 is 127 Å². The summed E-state index contributed by atoms with van der Waals surface area (Å²) >= 11 is 19.9. The number of alkyl halides is 2. The fraction of sp³-hybridized carbons (Fsp3) is 0.241. The van der Waals surface area contributed by atoms with E-state index in [2.05, 4.69) is 75.8 Å². The zero-order chi connectivity index (χ0) is 77.2. The van der Waals surface area contributed by atoms with E-state index in [-0.39, 0.29) is 164 Å². The number of carbonyl (C=O) groups is 4. The molecule has 4 N–H and O–H groups in total. The van der Waals surface area contributed by atoms with Gasteiger partial charge in [-0.2, -0.15) is 0 Å². The molecular formula is C87H95Cl4Na3O16. The molecule has 7 heterocycles. The van der Waals surface area contributed by atoms with Gasteiger partial charge in [-0.25, -0.2) is 19.2 Å². The predicted molar refractivity (Wildman–Crippen MR) is 425 cm³/mol. The monoisotopic (exact) mass is 1600 g/mol. The van der Waals surface area contributed by atoms with Gasteiger partial charge < -0.3 is 59.4 Å². The number of aliphatic hydroxyl groups excluding tert-OH is 1. The van der Waals surface area contributed by atoms with E-state index < -0.39 is 23.2 Å². The molecule has 23 heteroatoms. The molecule has 10 aromatic rings. The molecule has 8 bridgehead atoms. The topological polar surface area (TPSA) is 260 Å². The van der Waals surface area contributed by atoms with Crippen LogP contribution in [0.3, 0.4) is 0 Å². The molecule has 110 heavy (non-hydrogen) atoms. The van der Waals surface area contributed by atoms with Gasteiger partial charge in [-0.1, -0.05) is 235 Å². The first-order valence-corrected chi connectivity index (χ1v) is 34.4. The summed E-state index contributed by atoms with van der Waals surface area (Å²) in [5.74, 6) is 2.87. The normalized spacial score (nSPS) is 11.9. The summed E-state index contributed by atoms with van der Waals surface area (Å²) in [6, 6.07) is 71.4. The minimum Gasteiger partial charge on any atom is -0.872 e. The van der Waals surface area contributed by atoms with E-state index >= 15 is 0 Å². The molecule has 0 unspecified atom stereocenters. The van der Waals surface area contributed by atoms with Gasteiger partial charge in [0.15, 0.2) is 0 Å². The van der Waals surface area contributed by atoms with Crippen LogP contribution >= 0.6 is 46.4 Å². The molecule has 0 saturated heterocycles. The molecule has 17 rings (SSSR count). The number of phenols is 2. The van der Waals surface area contributed by atoms with Gasteiger partial charge in [-0.05, 0) is 167 Å². The van der Waals surface area contributed by atoms with Crippen LogP contribution in [-0.4, -0.2) is 56.4 Å². The van der Waals surface area contributed by atoms with Gasteiger partial charge in [0.05, 0.1) is 5.34 Å². The fourth-order valence-electron chi connectivity index (χ4n) is 10.6. The molecule has 16 nitrogen and oxygen atoms in total. The summed E-state index contributed by atoms with van der Waals surface area (Å²) in [5, 5.41) is 48.0. The number of hydrogen-bond acceptors (Lipinski definition) is 16. The van der Waals surface area contributed by atoms with Gasteiger partial charge >= 0.3 is 112 Å². The molecule has 570 valence electrons. The van der Waals surface area contributed by atoms with Crippen molar-refractivity contribution in [3.8, 4) is 57.5 Å². The number of phenolic OH excluding ortho intramolecular Hbond substituents is 2. The number of allylic oxidation sites excluding steroid dienone is 1. The first kappa shape index (κ1) is 105. The average Bonchev–Trinajstić information content (AvgIpc) is 0.831. The Hall–Kier alpha value is -7.30. The number of ether oxygens (including phenoxy) is 6. The molecule has 0 saturated carbocycles. The Morgan fingerprint density at radius 2 is 0.555 bits per heavy atom. The first-order valence-electron chi connectivity index (χ1n) is 32.5. The van der Waals surface area contributed by atoms with Crippen LogP contribution in [0.1, 0.15) is 154 Å². The van der Waals surface area contributed by atoms with Crippen LogP contribution in [0.25, 0.3) is 0 Å². The van der Waals surface area contributed by atoms with Crippen molar-refractivity contribution in [1.29, 1.82) is 0 Å². The summed E-state index contributed by atoms with van der Waals surface area (Å²) in [6.45, 7) is 28.3. The van der Waals surface area contributed by atoms with Crippen LogP contribution in [0.2, 0.25) is 0 Å². The van der Waals surface area contributed by atoms with Crippen LogP contribution in [0.5, 0.6) is 57.5 Å². The van der Waals surface area contributed by atoms with Crippen molar-refractivity contribution in [2.24, 2.45) is 0 Å². The van der Waals surface area contributed by atoms with E-state index in [9.17, 15) is 39.6 Å². The summed E-state index contributed by atoms with van der Waals surface area (Å²) in [7, 11) is 1.00. The van der Waals surface area contributed by atoms with E-state index in [0.29, 0.717) is 34.5 Å². The van der Waals surface area contributed by atoms with E-state index in [4.69, 9.17) is 79.9 Å². The summed E-state index contributed by atoms with van der Waals surface area (Å²) in [4.78, 5) is 46.3. The maximum Gasteiger partial charge on any atom is 1.00 e. The molecule has 0 aliphatic carbocycles. The number of rotatable bonds is 8. The third-order valence-electron chi connectivity index (χ3n) is 17.0. The Morgan fingerprint density at radius 1 is 0.391 bits per heavy atom. The van der Waals surface area contributed by atoms with Crippen LogP contribution in [-0.2, 0) is 27.1 Å². The van der Waals surface area contributed by atoms with Crippen LogP contribution in [0, 0.1) is 0 Å². The Kier molecular flexibility index (Phi) is 46.9. The predicted octanol–water partition coefficient (Wildman–Crippen LogP) is 13.6. The van der Waals surface area contributed by atoms with E-state index in [0.717, 1.165) is 62.7 Å². The van der Waals surface area contributed by atoms with Gasteiger partial charge in [-0.15, -0.1) is 41.3 Å². The zero-order valence-corrected chi connectivity index (χ0v) is 72.7. The molecule has 7 aliphatic heterocycles. The minimum atomic E-state index is -0.874. The maximum atomic E-state index is 12.4. The second-order valence-electron chi connectivity index (χ2n) is 26.3. The summed E-state index contributed by atoms with van der Waals surface area (Å²) in [5.41, 5.74) is 8.54. The molecule has 7 aliphatic rings. The summed E-state index contributed by atoms with van der Waals surface area (Å²) < 4.78 is 31.2. The molecular weight excluding hydrogens is 1510 g/mol. The number of benzene rings is 10. The second kappa shape index (κ2) is 49.3. The average molecular weight is 1610 g/mol. The largest absolute Gasteiger partial charge is 1.00 e. The van der Waals surface area contributed by atoms with Crippen LogP contribution in [0.4, 0.5) is 19.2 Å². The third kappa shape index (κ3) is 32.1. The quantitative estimate of drug-likeness (QED) is 0.0319. The van der Waals surface area contributed by atoms with E-state index in [1.54, 1.807) is 121 Å². The third-order valence-corrected chi connectivity index (χ3v) is 17.1. The standard InChI is InChI=1S/C32H28O6.C17H14Cl2O4.2C15H16O2.C4H8.CH2Cl2.CH4O.2CH4.3Na.H2O/c1-31(2)21-5-13-25(14-6-21)35-29(33)37-27-17-9-23(10-18-27)32(3,4)24-11-19-28(20-12-24)38-30(34)36-26-15-7-22(31)8-16-26;1-17(2,11-3-7-13(8-4-11)22-15(18)20)12-5-9-14(10-6-12)23-16(19)21;2*1-15(2,11-3-7-13(16)8-4-11)12-5-9-14(17)10-6-12;1-4(2)3;2-1-3;1-2;;;;;;/h5-20H,1-4H3;3-10H,1-2H3;2*3-10,16-17H,1-2H3;1H2,2-3H3;1H2;2H,1H3;2*1H4;;;;1H2/q;;;;;;;;;3*+1;/p-3. The number of aliphatic hydroxyl groups is 1. The Bertz CT molecular complexity index is 3890. The number of carbonyl (C=O) groups excluding carboxylic acids is 4. The Balaban J connectivity index is 0. The van der Waals surface area contributed by atoms with Gasteiger partial charge in [-0.3, -0.25) is 0 Å². The van der Waals surface area contributed by atoms with Crippen molar-refractivity contribution in [3.63, 3.8) is 0 Å². The van der Waals surface area contributed by atoms with E-state index in [1.807, 2.05) is 135 Å². The molecule has 0 radical (unpaired) electrons. The Morgan fingerprint density at radius 3 is 0.727 bits per heavy atom. The van der Waals surface area contributed by atoms with Crippen molar-refractivity contribution in [2.75, 3.05) is 12.4 Å². The Labute approximate surface area is 734 Å². The molecule has 10 aromatic carbocycles. The van der Waals surface area contributed by atoms with E-state index in [1.165, 1.54) is 5.57 Å². The first-order chi connectivity index (χ1) is 49.0. The SMILES string of the molecule is C.C.C=C(C)C.CC(C)(c1ccc(O)cc1)c1ccc(O)cc1.CC(C)(c1ccc(OC(=O)Cl)cc1)c1ccc(OC(=O)Cl)cc1.CC(C)(c1ccc([O-])cc1)c1ccc([O-])cc1.CC1(C)c2ccc(cc2)OC(=O)Oc2ccc(cc2)C(C)(C)c2ccc(cc2)OC(=O)Oc2ccc1cc2.CO.ClCCl.[Na+].[Na+].[Na+].[OH-]. The van der Waals surface area contributed by atoms with Gasteiger partial charge in [0.2, 0.25) is 0 Å². The zero-order valence-electron chi connectivity index (χ0n) is 63.7. The minimum absolute atomic E-state index is 0. The maximum absolute atomic E-state index is 12.4. The number of halogens is 4. The number of aromatic hydroxyl groups is 2. The van der Waals surface area contributed by atoms with Gasteiger partial charge in [0, 0.05) is 57.4 Å². The second-order valence-corrected chi connectivity index (χ2v) is 27.7. The molecule has 0 fully saturated rings.